The van der Waals surface area contributed by atoms with E-state index in [-0.39, 0.29) is 51.0 Å². The minimum absolute atomic E-state index is 0. The standard InChI is InChI=1S/C40H44Si.2ClH.Zr/c1-25(2)31-21-33(29-15-11-9-12-16-29)35-19-27(5)39(37(35)23-31)41(7,8)40-28(6)20-36-34(30-17-13-10-14-18-30)22-32(26(3)4)24-38(36)40;;;/h9-26,39-40H,1-8H3;2*1H;/q;;;+2/p-2. The summed E-state index contributed by atoms with van der Waals surface area (Å²) in [5.41, 5.74) is 18.4. The molecular weight excluding hydrogens is 671 g/mol. The van der Waals surface area contributed by atoms with Crippen molar-refractivity contribution in [3.05, 3.63) is 129 Å². The summed E-state index contributed by atoms with van der Waals surface area (Å²) in [7, 11) is -1.97. The van der Waals surface area contributed by atoms with E-state index in [0.29, 0.717) is 22.9 Å². The van der Waals surface area contributed by atoms with Crippen LogP contribution in [0.3, 0.4) is 0 Å². The second-order valence-corrected chi connectivity index (χ2v) is 18.4. The van der Waals surface area contributed by atoms with Gasteiger partial charge in [-0.1, -0.05) is 149 Å². The summed E-state index contributed by atoms with van der Waals surface area (Å²) >= 11 is 0. The molecule has 44 heavy (non-hydrogen) atoms. The van der Waals surface area contributed by atoms with E-state index in [4.69, 9.17) is 0 Å². The Morgan fingerprint density at radius 1 is 0.545 bits per heavy atom. The molecule has 226 valence electrons. The maximum Gasteiger partial charge on any atom is 2.00 e. The maximum absolute atomic E-state index is 2.66. The summed E-state index contributed by atoms with van der Waals surface area (Å²) in [5, 5.41) is 0. The minimum Gasteiger partial charge on any atom is -1.00 e. The third kappa shape index (κ3) is 6.35. The van der Waals surface area contributed by atoms with E-state index >= 15 is 0 Å². The van der Waals surface area contributed by atoms with Gasteiger partial charge in [0.05, 0.1) is 8.07 Å². The summed E-state index contributed by atoms with van der Waals surface area (Å²) in [5.74, 6) is 0.981. The van der Waals surface area contributed by atoms with Gasteiger partial charge in [-0.25, -0.2) is 0 Å². The van der Waals surface area contributed by atoms with Gasteiger partial charge in [0.1, 0.15) is 0 Å². The molecule has 0 bridgehead atoms. The van der Waals surface area contributed by atoms with Crippen molar-refractivity contribution in [2.75, 3.05) is 0 Å². The fraction of sp³-hybridized carbons (Fsp3) is 0.300. The molecule has 0 spiro atoms. The normalized spacial score (nSPS) is 16.8. The van der Waals surface area contributed by atoms with E-state index in [1.54, 1.807) is 22.3 Å². The molecule has 4 aromatic carbocycles. The molecule has 2 atom stereocenters. The minimum atomic E-state index is -1.97. The van der Waals surface area contributed by atoms with Gasteiger partial charge in [0.2, 0.25) is 0 Å². The van der Waals surface area contributed by atoms with Crippen LogP contribution in [-0.2, 0) is 26.2 Å². The first kappa shape index (κ1) is 36.5. The van der Waals surface area contributed by atoms with Crippen molar-refractivity contribution >= 4 is 20.2 Å². The van der Waals surface area contributed by atoms with Gasteiger partial charge in [0.25, 0.3) is 0 Å². The molecule has 4 heteroatoms. The molecule has 4 aromatic rings. The Morgan fingerprint density at radius 3 is 1.20 bits per heavy atom. The van der Waals surface area contributed by atoms with E-state index in [9.17, 15) is 0 Å². The van der Waals surface area contributed by atoms with Gasteiger partial charge in [0.15, 0.2) is 0 Å². The average molecular weight is 715 g/mol. The van der Waals surface area contributed by atoms with Crippen molar-refractivity contribution in [1.29, 1.82) is 0 Å². The second-order valence-electron chi connectivity index (χ2n) is 13.6. The van der Waals surface area contributed by atoms with Crippen molar-refractivity contribution in [1.82, 2.24) is 0 Å². The molecule has 0 fully saturated rings. The number of fused-ring (bicyclic) bond motifs is 2. The summed E-state index contributed by atoms with van der Waals surface area (Å²) in [6, 6.07) is 32.1. The smallest absolute Gasteiger partial charge is 1.00 e. The molecule has 0 N–H and O–H groups in total. The van der Waals surface area contributed by atoms with Crippen LogP contribution in [0.1, 0.15) is 97.8 Å². The summed E-state index contributed by atoms with van der Waals surface area (Å²) in [4.78, 5) is 0. The Labute approximate surface area is 298 Å². The molecule has 0 aromatic heterocycles. The number of rotatable bonds is 6. The topological polar surface area (TPSA) is 0 Å². The predicted molar refractivity (Wildman–Crippen MR) is 182 cm³/mol. The Morgan fingerprint density at radius 2 is 0.886 bits per heavy atom. The zero-order chi connectivity index (χ0) is 29.1. The zero-order valence-corrected chi connectivity index (χ0v) is 32.3. The molecule has 0 saturated carbocycles. The molecule has 0 aliphatic heterocycles. The number of halogens is 2. The van der Waals surface area contributed by atoms with Gasteiger partial charge in [-0.15, -0.1) is 0 Å². The Kier molecular flexibility index (Phi) is 11.8. The first-order valence-electron chi connectivity index (χ1n) is 15.4. The molecule has 0 heterocycles. The van der Waals surface area contributed by atoms with Crippen LogP contribution in [0.5, 0.6) is 0 Å². The van der Waals surface area contributed by atoms with E-state index in [1.807, 2.05) is 0 Å². The van der Waals surface area contributed by atoms with Crippen LogP contribution in [0.4, 0.5) is 0 Å². The summed E-state index contributed by atoms with van der Waals surface area (Å²) in [6.07, 6.45) is 5.05. The number of hydrogen-bond acceptors (Lipinski definition) is 0. The largest absolute Gasteiger partial charge is 2.00 e. The van der Waals surface area contributed by atoms with Gasteiger partial charge in [-0.05, 0) is 81.3 Å². The van der Waals surface area contributed by atoms with Crippen LogP contribution in [0, 0.1) is 0 Å². The Bertz CT molecular complexity index is 1560. The number of hydrogen-bond donors (Lipinski definition) is 0. The van der Waals surface area contributed by atoms with Gasteiger partial charge in [0, 0.05) is 11.1 Å². The van der Waals surface area contributed by atoms with Crippen molar-refractivity contribution in [3.63, 3.8) is 0 Å². The molecule has 6 rings (SSSR count). The van der Waals surface area contributed by atoms with E-state index in [0.717, 1.165) is 0 Å². The van der Waals surface area contributed by atoms with Crippen LogP contribution in [-0.4, -0.2) is 8.07 Å². The molecule has 0 nitrogen and oxygen atoms in total. The van der Waals surface area contributed by atoms with Crippen molar-refractivity contribution < 1.29 is 51.0 Å². The third-order valence-electron chi connectivity index (χ3n) is 9.74. The first-order chi connectivity index (χ1) is 19.6. The predicted octanol–water partition coefficient (Wildman–Crippen LogP) is 5.76. The summed E-state index contributed by atoms with van der Waals surface area (Å²) < 4.78 is 0. The van der Waals surface area contributed by atoms with Gasteiger partial charge < -0.3 is 24.8 Å². The molecule has 2 aliphatic rings. The molecular formula is C40H44Cl2SiZr. The zero-order valence-electron chi connectivity index (χ0n) is 27.3. The fourth-order valence-electron chi connectivity index (χ4n) is 7.83. The Balaban J connectivity index is 0.00000176. The molecule has 2 aliphatic carbocycles. The van der Waals surface area contributed by atoms with Crippen LogP contribution in [0.25, 0.3) is 34.4 Å². The van der Waals surface area contributed by atoms with Gasteiger partial charge in [-0.3, -0.25) is 0 Å². The van der Waals surface area contributed by atoms with Crippen LogP contribution in [0.15, 0.2) is 96.1 Å². The average Bonchev–Trinajstić information content (AvgIpc) is 3.48. The van der Waals surface area contributed by atoms with Crippen LogP contribution in [0.2, 0.25) is 13.1 Å². The SMILES string of the molecule is CC1=Cc2c(-c3ccccc3)cc(C(C)C)cc2C1[Si](C)(C)C1C(C)=Cc2c(-c3ccccc3)cc(C(C)C)cc21.[Cl-].[Cl-].[Zr+2]. The molecule has 0 amide bonds. The maximum atomic E-state index is 2.66. The number of benzene rings is 4. The van der Waals surface area contributed by atoms with E-state index in [2.05, 4.69) is 152 Å². The molecule has 0 radical (unpaired) electrons. The summed E-state index contributed by atoms with van der Waals surface area (Å²) in [6.45, 7) is 19.5. The van der Waals surface area contributed by atoms with Crippen molar-refractivity contribution in [2.24, 2.45) is 0 Å². The quantitative estimate of drug-likeness (QED) is 0.223. The fourth-order valence-corrected chi connectivity index (χ4v) is 12.8. The third-order valence-corrected chi connectivity index (χ3v) is 14.2. The van der Waals surface area contributed by atoms with E-state index < -0.39 is 8.07 Å². The monoisotopic (exact) mass is 712 g/mol. The van der Waals surface area contributed by atoms with Crippen molar-refractivity contribution in [3.8, 4) is 22.3 Å². The van der Waals surface area contributed by atoms with Crippen LogP contribution < -0.4 is 24.8 Å². The first-order valence-corrected chi connectivity index (χ1v) is 18.6. The van der Waals surface area contributed by atoms with E-state index in [1.165, 1.54) is 44.5 Å². The molecule has 2 unspecified atom stereocenters. The van der Waals surface area contributed by atoms with Gasteiger partial charge in [-0.2, -0.15) is 0 Å². The number of allylic oxidation sites excluding steroid dienone is 2. The Hall–Kier alpha value is -1.96. The van der Waals surface area contributed by atoms with Crippen LogP contribution >= 0.6 is 0 Å². The van der Waals surface area contributed by atoms with Gasteiger partial charge >= 0.3 is 26.2 Å². The second kappa shape index (κ2) is 14.2. The molecule has 0 saturated heterocycles. The van der Waals surface area contributed by atoms with Crippen molar-refractivity contribution in [2.45, 2.75) is 77.6 Å².